The second-order valence-corrected chi connectivity index (χ2v) is 5.74. The number of aryl methyl sites for hydroxylation is 2. The van der Waals surface area contributed by atoms with Crippen molar-refractivity contribution in [3.63, 3.8) is 0 Å². The van der Waals surface area contributed by atoms with Gasteiger partial charge in [-0.15, -0.1) is 0 Å². The molecule has 1 heterocycles. The molecule has 20 heavy (non-hydrogen) atoms. The van der Waals surface area contributed by atoms with Gasteiger partial charge in [0.25, 0.3) is 0 Å². The molecular formula is C15H19Cl2N3. The Labute approximate surface area is 129 Å². The van der Waals surface area contributed by atoms with E-state index in [2.05, 4.69) is 30.5 Å². The first-order valence-electron chi connectivity index (χ1n) is 6.71. The first-order chi connectivity index (χ1) is 9.51. The average molecular weight is 312 g/mol. The van der Waals surface area contributed by atoms with Gasteiger partial charge in [0, 0.05) is 41.4 Å². The van der Waals surface area contributed by atoms with Crippen LogP contribution < -0.4 is 5.32 Å². The second kappa shape index (κ2) is 6.61. The molecule has 0 aliphatic carbocycles. The van der Waals surface area contributed by atoms with Crippen molar-refractivity contribution >= 4 is 23.2 Å². The molecule has 1 N–H and O–H groups in total. The summed E-state index contributed by atoms with van der Waals surface area (Å²) in [6.07, 6.45) is 2.99. The highest BCUT2D eigenvalue weighted by molar-refractivity contribution is 6.33. The van der Waals surface area contributed by atoms with Crippen LogP contribution in [0.3, 0.4) is 0 Å². The fourth-order valence-corrected chi connectivity index (χ4v) is 2.71. The maximum Gasteiger partial charge on any atom is 0.0666 e. The molecule has 0 aliphatic rings. The topological polar surface area (TPSA) is 29.9 Å². The summed E-state index contributed by atoms with van der Waals surface area (Å²) in [7, 11) is 1.94. The summed E-state index contributed by atoms with van der Waals surface area (Å²) in [5.41, 5.74) is 3.37. The highest BCUT2D eigenvalue weighted by Crippen LogP contribution is 2.26. The Morgan fingerprint density at radius 1 is 1.35 bits per heavy atom. The molecule has 0 saturated carbocycles. The minimum atomic E-state index is 0.131. The van der Waals surface area contributed by atoms with Gasteiger partial charge in [-0.1, -0.05) is 30.1 Å². The maximum atomic E-state index is 6.22. The van der Waals surface area contributed by atoms with Crippen LogP contribution in [0.15, 0.2) is 24.4 Å². The van der Waals surface area contributed by atoms with Crippen LogP contribution in [-0.4, -0.2) is 9.78 Å². The number of benzene rings is 1. The van der Waals surface area contributed by atoms with Gasteiger partial charge < -0.3 is 5.32 Å². The highest BCUT2D eigenvalue weighted by atomic mass is 35.5. The molecular weight excluding hydrogens is 293 g/mol. The van der Waals surface area contributed by atoms with Gasteiger partial charge in [-0.2, -0.15) is 5.10 Å². The fraction of sp³-hybridized carbons (Fsp3) is 0.400. The molecule has 0 amide bonds. The van der Waals surface area contributed by atoms with Crippen molar-refractivity contribution in [2.75, 3.05) is 0 Å². The largest absolute Gasteiger partial charge is 0.306 e. The molecule has 1 atom stereocenters. The van der Waals surface area contributed by atoms with Crippen LogP contribution in [0.4, 0.5) is 0 Å². The van der Waals surface area contributed by atoms with Crippen LogP contribution in [-0.2, 0) is 20.0 Å². The van der Waals surface area contributed by atoms with Crippen LogP contribution in [0.5, 0.6) is 0 Å². The van der Waals surface area contributed by atoms with Gasteiger partial charge in [-0.25, -0.2) is 0 Å². The van der Waals surface area contributed by atoms with E-state index in [4.69, 9.17) is 23.2 Å². The van der Waals surface area contributed by atoms with Crippen LogP contribution >= 0.6 is 23.2 Å². The van der Waals surface area contributed by atoms with E-state index in [0.717, 1.165) is 29.2 Å². The van der Waals surface area contributed by atoms with Crippen LogP contribution in [0.25, 0.3) is 0 Å². The number of nitrogens with one attached hydrogen (secondary N) is 1. The van der Waals surface area contributed by atoms with Crippen molar-refractivity contribution in [2.24, 2.45) is 7.05 Å². The Hall–Kier alpha value is -1.03. The third-order valence-electron chi connectivity index (χ3n) is 3.35. The number of hydrogen-bond acceptors (Lipinski definition) is 2. The third-order valence-corrected chi connectivity index (χ3v) is 3.93. The van der Waals surface area contributed by atoms with Crippen LogP contribution in [0.2, 0.25) is 10.0 Å². The third kappa shape index (κ3) is 3.54. The first kappa shape index (κ1) is 15.4. The molecule has 0 spiro atoms. The molecule has 5 heteroatoms. The molecule has 0 saturated heterocycles. The number of rotatable bonds is 5. The van der Waals surface area contributed by atoms with Gasteiger partial charge in [0.05, 0.1) is 5.69 Å². The fourth-order valence-electron chi connectivity index (χ4n) is 2.25. The lowest BCUT2D eigenvalue weighted by molar-refractivity contribution is 0.572. The van der Waals surface area contributed by atoms with Gasteiger partial charge in [0.1, 0.15) is 0 Å². The van der Waals surface area contributed by atoms with E-state index in [9.17, 15) is 0 Å². The predicted octanol–water partition coefficient (Wildman–Crippen LogP) is 4.14. The predicted molar refractivity (Wildman–Crippen MR) is 84.3 cm³/mol. The lowest BCUT2D eigenvalue weighted by atomic mass is 10.1. The van der Waals surface area contributed by atoms with Crippen molar-refractivity contribution in [2.45, 2.75) is 32.9 Å². The number of nitrogens with zero attached hydrogens (tertiary/aromatic N) is 2. The summed E-state index contributed by atoms with van der Waals surface area (Å²) in [6, 6.07) is 5.67. The second-order valence-electron chi connectivity index (χ2n) is 4.90. The summed E-state index contributed by atoms with van der Waals surface area (Å²) in [4.78, 5) is 0. The quantitative estimate of drug-likeness (QED) is 0.899. The molecule has 2 aromatic rings. The normalized spacial score (nSPS) is 12.7. The van der Waals surface area contributed by atoms with E-state index >= 15 is 0 Å². The lowest BCUT2D eigenvalue weighted by Crippen LogP contribution is -2.18. The van der Waals surface area contributed by atoms with Gasteiger partial charge >= 0.3 is 0 Å². The zero-order valence-corrected chi connectivity index (χ0v) is 13.5. The lowest BCUT2D eigenvalue weighted by Gasteiger charge is -2.16. The Kier molecular flexibility index (Phi) is 5.08. The summed E-state index contributed by atoms with van der Waals surface area (Å²) in [5.74, 6) is 0. The van der Waals surface area contributed by atoms with Crippen molar-refractivity contribution in [3.05, 3.63) is 51.3 Å². The van der Waals surface area contributed by atoms with Crippen molar-refractivity contribution in [1.29, 1.82) is 0 Å². The summed E-state index contributed by atoms with van der Waals surface area (Å²) in [5, 5.41) is 9.35. The standard InChI is InChI=1S/C15H19Cl2N3/c1-4-15-11(9-20(3)19-15)8-18-10(2)13-7-12(16)5-6-14(13)17/h5-7,9-10,18H,4,8H2,1-3H3/t10-/m1/s1. The maximum absolute atomic E-state index is 6.22. The minimum absolute atomic E-state index is 0.131. The molecule has 0 fully saturated rings. The minimum Gasteiger partial charge on any atom is -0.306 e. The molecule has 0 radical (unpaired) electrons. The summed E-state index contributed by atoms with van der Waals surface area (Å²) >= 11 is 12.2. The number of halogens is 2. The number of hydrogen-bond donors (Lipinski definition) is 1. The van der Waals surface area contributed by atoms with E-state index in [0.29, 0.717) is 5.02 Å². The smallest absolute Gasteiger partial charge is 0.0666 e. The van der Waals surface area contributed by atoms with Crippen LogP contribution in [0.1, 0.15) is 36.7 Å². The molecule has 1 aromatic carbocycles. The zero-order valence-electron chi connectivity index (χ0n) is 12.0. The highest BCUT2D eigenvalue weighted by Gasteiger charge is 2.12. The van der Waals surface area contributed by atoms with Crippen molar-refractivity contribution < 1.29 is 0 Å². The van der Waals surface area contributed by atoms with E-state index < -0.39 is 0 Å². The Balaban J connectivity index is 2.08. The molecule has 3 nitrogen and oxygen atoms in total. The molecule has 1 aromatic heterocycles. The van der Waals surface area contributed by atoms with E-state index in [1.807, 2.05) is 23.9 Å². The molecule has 108 valence electrons. The Bertz CT molecular complexity index is 593. The van der Waals surface area contributed by atoms with Crippen molar-refractivity contribution in [3.8, 4) is 0 Å². The van der Waals surface area contributed by atoms with Gasteiger partial charge in [-0.05, 0) is 37.1 Å². The molecule has 2 rings (SSSR count). The van der Waals surface area contributed by atoms with Gasteiger partial charge in [0.15, 0.2) is 0 Å². The van der Waals surface area contributed by atoms with Gasteiger partial charge in [0.2, 0.25) is 0 Å². The van der Waals surface area contributed by atoms with E-state index in [1.54, 1.807) is 6.07 Å². The zero-order chi connectivity index (χ0) is 14.7. The summed E-state index contributed by atoms with van der Waals surface area (Å²) in [6.45, 7) is 4.96. The first-order valence-corrected chi connectivity index (χ1v) is 7.46. The van der Waals surface area contributed by atoms with Crippen molar-refractivity contribution in [1.82, 2.24) is 15.1 Å². The van der Waals surface area contributed by atoms with Crippen LogP contribution in [0, 0.1) is 0 Å². The van der Waals surface area contributed by atoms with E-state index in [-0.39, 0.29) is 6.04 Å². The Morgan fingerprint density at radius 2 is 2.10 bits per heavy atom. The number of aromatic nitrogens is 2. The average Bonchev–Trinajstić information content (AvgIpc) is 2.79. The van der Waals surface area contributed by atoms with Gasteiger partial charge in [-0.3, -0.25) is 4.68 Å². The molecule has 0 bridgehead atoms. The Morgan fingerprint density at radius 3 is 2.80 bits per heavy atom. The molecule has 0 unspecified atom stereocenters. The summed E-state index contributed by atoms with van der Waals surface area (Å²) < 4.78 is 1.85. The van der Waals surface area contributed by atoms with E-state index in [1.165, 1.54) is 5.56 Å². The molecule has 0 aliphatic heterocycles. The SMILES string of the molecule is CCc1nn(C)cc1CN[C@H](C)c1cc(Cl)ccc1Cl. The monoisotopic (exact) mass is 311 g/mol.